The van der Waals surface area contributed by atoms with Gasteiger partial charge in [-0.1, -0.05) is 0 Å². The summed E-state index contributed by atoms with van der Waals surface area (Å²) in [6, 6.07) is -5.11. The molecule has 0 aromatic heterocycles. The number of carboxylic acids is 3. The van der Waals surface area contributed by atoms with Crippen LogP contribution in [0, 0.1) is 0 Å². The number of nitrogens with zero attached hydrogens (tertiary/aromatic N) is 1. The number of amides is 4. The van der Waals surface area contributed by atoms with Gasteiger partial charge in [0.05, 0.1) is 6.04 Å². The number of hydrogen-bond donors (Lipinski definition) is 7. The molecule has 1 aliphatic heterocycles. The zero-order valence-corrected chi connectivity index (χ0v) is 19.0. The van der Waals surface area contributed by atoms with Crippen LogP contribution < -0.4 is 22.1 Å². The third-order valence-electron chi connectivity index (χ3n) is 5.40. The van der Waals surface area contributed by atoms with Gasteiger partial charge in [-0.15, -0.1) is 0 Å². The van der Waals surface area contributed by atoms with Crippen molar-refractivity contribution in [3.8, 4) is 0 Å². The molecule has 0 radical (unpaired) electrons. The molecular formula is C20H31N5O10. The maximum Gasteiger partial charge on any atom is 0.326 e. The minimum atomic E-state index is -1.41. The highest BCUT2D eigenvalue weighted by Gasteiger charge is 2.39. The van der Waals surface area contributed by atoms with Crippen LogP contribution in [-0.2, 0) is 33.6 Å². The minimum absolute atomic E-state index is 0.0977. The van der Waals surface area contributed by atoms with Crippen LogP contribution in [0.1, 0.15) is 51.4 Å². The number of likely N-dealkylation sites (tertiary alicyclic amines) is 1. The monoisotopic (exact) mass is 501 g/mol. The Bertz CT molecular complexity index is 848. The summed E-state index contributed by atoms with van der Waals surface area (Å²) >= 11 is 0. The lowest BCUT2D eigenvalue weighted by atomic mass is 10.1. The summed E-state index contributed by atoms with van der Waals surface area (Å²) in [5, 5.41) is 31.6. The molecule has 196 valence electrons. The number of carboxylic acid groups (broad SMARTS) is 3. The lowest BCUT2D eigenvalue weighted by molar-refractivity contribution is -0.145. The zero-order chi connectivity index (χ0) is 26.7. The van der Waals surface area contributed by atoms with Crippen molar-refractivity contribution in [2.75, 3.05) is 6.54 Å². The summed E-state index contributed by atoms with van der Waals surface area (Å²) in [5.41, 5.74) is 10.7. The Morgan fingerprint density at radius 1 is 0.857 bits per heavy atom. The zero-order valence-electron chi connectivity index (χ0n) is 19.0. The first-order valence-corrected chi connectivity index (χ1v) is 10.9. The van der Waals surface area contributed by atoms with Crippen LogP contribution in [0.25, 0.3) is 0 Å². The Balaban J connectivity index is 2.95. The largest absolute Gasteiger partial charge is 0.481 e. The van der Waals surface area contributed by atoms with Gasteiger partial charge in [0.2, 0.25) is 23.6 Å². The van der Waals surface area contributed by atoms with Gasteiger partial charge >= 0.3 is 17.9 Å². The van der Waals surface area contributed by atoms with Gasteiger partial charge < -0.3 is 42.3 Å². The molecule has 35 heavy (non-hydrogen) atoms. The van der Waals surface area contributed by atoms with Crippen LogP contribution in [0.2, 0.25) is 0 Å². The molecule has 0 spiro atoms. The van der Waals surface area contributed by atoms with Gasteiger partial charge in [0, 0.05) is 25.8 Å². The van der Waals surface area contributed by atoms with Crippen LogP contribution in [-0.4, -0.2) is 92.5 Å². The van der Waals surface area contributed by atoms with Gasteiger partial charge in [-0.25, -0.2) is 4.79 Å². The molecule has 15 heteroatoms. The van der Waals surface area contributed by atoms with Crippen LogP contribution in [0.4, 0.5) is 0 Å². The molecule has 0 bridgehead atoms. The van der Waals surface area contributed by atoms with Gasteiger partial charge in [0.15, 0.2) is 0 Å². The summed E-state index contributed by atoms with van der Waals surface area (Å²) in [4.78, 5) is 83.5. The van der Waals surface area contributed by atoms with Crippen LogP contribution in [0.15, 0.2) is 0 Å². The van der Waals surface area contributed by atoms with Crippen LogP contribution in [0.5, 0.6) is 0 Å². The van der Waals surface area contributed by atoms with Crippen molar-refractivity contribution >= 4 is 41.5 Å². The number of nitrogens with two attached hydrogens (primary N) is 2. The van der Waals surface area contributed by atoms with Crippen molar-refractivity contribution in [1.29, 1.82) is 0 Å². The molecule has 0 aromatic rings. The average Bonchev–Trinajstić information content (AvgIpc) is 3.26. The molecule has 4 atom stereocenters. The molecular weight excluding hydrogens is 470 g/mol. The van der Waals surface area contributed by atoms with Crippen LogP contribution >= 0.6 is 0 Å². The predicted octanol–water partition coefficient (Wildman–Crippen LogP) is -2.65. The average molecular weight is 501 g/mol. The fourth-order valence-corrected chi connectivity index (χ4v) is 3.53. The van der Waals surface area contributed by atoms with Gasteiger partial charge in [0.1, 0.15) is 18.1 Å². The highest BCUT2D eigenvalue weighted by atomic mass is 16.4. The molecule has 4 unspecified atom stereocenters. The Labute approximate surface area is 200 Å². The summed E-state index contributed by atoms with van der Waals surface area (Å²) in [6.07, 6.45) is -1.35. The Hall–Kier alpha value is -3.75. The lowest BCUT2D eigenvalue weighted by Gasteiger charge is -2.29. The second-order valence-corrected chi connectivity index (χ2v) is 8.13. The topological polar surface area (TPSA) is 260 Å². The van der Waals surface area contributed by atoms with Crippen molar-refractivity contribution in [2.24, 2.45) is 11.5 Å². The minimum Gasteiger partial charge on any atom is -0.481 e. The highest BCUT2D eigenvalue weighted by Crippen LogP contribution is 2.20. The highest BCUT2D eigenvalue weighted by molar-refractivity contribution is 5.94. The van der Waals surface area contributed by atoms with Gasteiger partial charge in [-0.2, -0.15) is 0 Å². The number of nitrogens with one attached hydrogen (secondary N) is 2. The third kappa shape index (κ3) is 9.95. The number of primary amides is 1. The number of rotatable bonds is 15. The molecule has 1 rings (SSSR count). The smallest absolute Gasteiger partial charge is 0.326 e. The van der Waals surface area contributed by atoms with E-state index in [-0.39, 0.29) is 38.6 Å². The van der Waals surface area contributed by atoms with E-state index in [0.29, 0.717) is 6.42 Å². The van der Waals surface area contributed by atoms with Gasteiger partial charge in [-0.3, -0.25) is 28.8 Å². The first-order chi connectivity index (χ1) is 16.3. The SMILES string of the molecule is NC(=O)CCC(NC(=O)C1CCCN1C(=O)C(CCC(=O)O)NC(=O)C(N)CCC(=O)O)C(=O)O. The van der Waals surface area contributed by atoms with Crippen LogP contribution in [0.3, 0.4) is 0 Å². The van der Waals surface area contributed by atoms with Crippen molar-refractivity contribution in [3.05, 3.63) is 0 Å². The molecule has 1 saturated heterocycles. The number of carbonyl (C=O) groups is 7. The van der Waals surface area contributed by atoms with E-state index in [4.69, 9.17) is 21.7 Å². The molecule has 4 amide bonds. The second-order valence-electron chi connectivity index (χ2n) is 8.13. The fourth-order valence-electron chi connectivity index (χ4n) is 3.53. The summed E-state index contributed by atoms with van der Waals surface area (Å²) in [6.45, 7) is 0.0977. The van der Waals surface area contributed by atoms with Crippen molar-refractivity contribution in [3.63, 3.8) is 0 Å². The maximum absolute atomic E-state index is 13.2. The fraction of sp³-hybridized carbons (Fsp3) is 0.650. The number of aliphatic carboxylic acids is 3. The molecule has 0 saturated carbocycles. The van der Waals surface area contributed by atoms with E-state index in [0.717, 1.165) is 4.90 Å². The second kappa shape index (κ2) is 13.8. The van der Waals surface area contributed by atoms with Crippen molar-refractivity contribution in [1.82, 2.24) is 15.5 Å². The van der Waals surface area contributed by atoms with E-state index in [1.807, 2.05) is 0 Å². The summed E-state index contributed by atoms with van der Waals surface area (Å²) in [7, 11) is 0. The molecule has 1 aliphatic rings. The molecule has 0 aromatic carbocycles. The van der Waals surface area contributed by atoms with Gasteiger partial charge in [-0.05, 0) is 32.1 Å². The van der Waals surface area contributed by atoms with E-state index >= 15 is 0 Å². The molecule has 0 aliphatic carbocycles. The standard InChI is InChI=1S/C20H31N5O10/c21-10(3-7-15(27)28)17(31)23-11(5-8-16(29)30)19(33)25-9-1-2-13(25)18(32)24-12(20(34)35)4-6-14(22)26/h10-13H,1-9,21H2,(H2,22,26)(H,23,31)(H,24,32)(H,27,28)(H,29,30)(H,34,35). The van der Waals surface area contributed by atoms with E-state index in [1.54, 1.807) is 0 Å². The quantitative estimate of drug-likeness (QED) is 0.122. The predicted molar refractivity (Wildman–Crippen MR) is 116 cm³/mol. The third-order valence-corrected chi connectivity index (χ3v) is 5.40. The van der Waals surface area contributed by atoms with E-state index in [9.17, 15) is 38.7 Å². The molecule has 1 heterocycles. The molecule has 1 fully saturated rings. The Morgan fingerprint density at radius 3 is 1.97 bits per heavy atom. The molecule has 15 nitrogen and oxygen atoms in total. The Kier molecular flexibility index (Phi) is 11.6. The lowest BCUT2D eigenvalue weighted by Crippen LogP contribution is -2.56. The van der Waals surface area contributed by atoms with E-state index < -0.39 is 78.5 Å². The van der Waals surface area contributed by atoms with E-state index in [1.165, 1.54) is 0 Å². The maximum atomic E-state index is 13.2. The van der Waals surface area contributed by atoms with Gasteiger partial charge in [0.25, 0.3) is 0 Å². The normalized spacial score (nSPS) is 17.6. The Morgan fingerprint density at radius 2 is 1.43 bits per heavy atom. The summed E-state index contributed by atoms with van der Waals surface area (Å²) in [5.74, 6) is -6.94. The first-order valence-electron chi connectivity index (χ1n) is 10.9. The number of carbonyl (C=O) groups excluding carboxylic acids is 4. The number of hydrogen-bond acceptors (Lipinski definition) is 8. The van der Waals surface area contributed by atoms with Crippen molar-refractivity contribution in [2.45, 2.75) is 75.5 Å². The van der Waals surface area contributed by atoms with E-state index in [2.05, 4.69) is 10.6 Å². The first kappa shape index (κ1) is 29.3. The van der Waals surface area contributed by atoms with Crippen molar-refractivity contribution < 1.29 is 48.9 Å². The summed E-state index contributed by atoms with van der Waals surface area (Å²) < 4.78 is 0. The molecule has 9 N–H and O–H groups in total.